The number of carbonyl (C=O) groups excluding carboxylic acids is 1. The third-order valence-electron chi connectivity index (χ3n) is 6.84. The van der Waals surface area contributed by atoms with Gasteiger partial charge in [-0.3, -0.25) is 4.98 Å². The molecule has 4 rings (SSSR count). The van der Waals surface area contributed by atoms with Crippen molar-refractivity contribution >= 4 is 28.0 Å². The van der Waals surface area contributed by atoms with Crippen LogP contribution < -0.4 is 4.31 Å². The fourth-order valence-corrected chi connectivity index (χ4v) is 4.93. The number of carbonyl (C=O) groups is 1. The average Bonchev–Trinajstić information content (AvgIpc) is 2.98. The minimum atomic E-state index is -3.65. The van der Waals surface area contributed by atoms with Crippen molar-refractivity contribution in [1.29, 1.82) is 0 Å². The van der Waals surface area contributed by atoms with Crippen molar-refractivity contribution in [2.75, 3.05) is 24.2 Å². The molecule has 3 atom stereocenters. The van der Waals surface area contributed by atoms with E-state index in [1.807, 2.05) is 32.9 Å². The number of nitrogens with zero attached hydrogens (tertiary/aromatic N) is 4. The molecule has 10 nitrogen and oxygen atoms in total. The lowest BCUT2D eigenvalue weighted by Crippen LogP contribution is -2.38. The molecule has 12 heteroatoms. The number of rotatable bonds is 11. The highest BCUT2D eigenvalue weighted by Gasteiger charge is 2.32. The standard InChI is InChI=1S/C31H37FN4O6S/c1-6-16-40-27-18-25(42-30(37)22-8-7-15-33-19-22)17-24(41-27)13-14-26-28(20(2)3)34-31(36(4)43(5,38)39)35-29(26)21-9-11-23(32)12-10-21/h7-15,19-20,24-25,27H,6,16-18H2,1-5H3/b14-13+/t24-,25?,27?/m1/s1. The van der Waals surface area contributed by atoms with E-state index in [2.05, 4.69) is 15.0 Å². The van der Waals surface area contributed by atoms with Crippen LogP contribution in [0.4, 0.5) is 10.3 Å². The molecular formula is C31H37FN4O6S. The summed E-state index contributed by atoms with van der Waals surface area (Å²) in [6.45, 7) is 6.37. The molecule has 0 radical (unpaired) electrons. The number of hydrogen-bond acceptors (Lipinski definition) is 9. The number of aromatic nitrogens is 3. The second kappa shape index (κ2) is 14.2. The van der Waals surface area contributed by atoms with E-state index in [0.717, 1.165) is 17.0 Å². The summed E-state index contributed by atoms with van der Waals surface area (Å²) in [7, 11) is -2.26. The predicted octanol–water partition coefficient (Wildman–Crippen LogP) is 5.37. The van der Waals surface area contributed by atoms with Crippen LogP contribution in [0.2, 0.25) is 0 Å². The molecule has 0 spiro atoms. The number of pyridine rings is 1. The minimum absolute atomic E-state index is 0.00648. The van der Waals surface area contributed by atoms with Crippen molar-refractivity contribution in [3.05, 3.63) is 77.5 Å². The van der Waals surface area contributed by atoms with Gasteiger partial charge < -0.3 is 14.2 Å². The Bertz CT molecular complexity index is 1530. The molecular weight excluding hydrogens is 575 g/mol. The van der Waals surface area contributed by atoms with Gasteiger partial charge in [-0.2, -0.15) is 0 Å². The maximum absolute atomic E-state index is 13.8. The van der Waals surface area contributed by atoms with Gasteiger partial charge in [0.1, 0.15) is 11.9 Å². The maximum Gasteiger partial charge on any atom is 0.339 e. The number of hydrogen-bond donors (Lipinski definition) is 0. The summed E-state index contributed by atoms with van der Waals surface area (Å²) >= 11 is 0. The first-order valence-corrected chi connectivity index (χ1v) is 16.0. The van der Waals surface area contributed by atoms with Crippen molar-refractivity contribution in [1.82, 2.24) is 15.0 Å². The minimum Gasteiger partial charge on any atom is -0.458 e. The first-order valence-electron chi connectivity index (χ1n) is 14.1. The Morgan fingerprint density at radius 1 is 1.19 bits per heavy atom. The molecule has 1 aromatic carbocycles. The van der Waals surface area contributed by atoms with Gasteiger partial charge in [-0.15, -0.1) is 0 Å². The molecule has 43 heavy (non-hydrogen) atoms. The van der Waals surface area contributed by atoms with E-state index in [9.17, 15) is 17.6 Å². The fourth-order valence-electron chi connectivity index (χ4n) is 4.56. The van der Waals surface area contributed by atoms with Crippen molar-refractivity contribution < 1.29 is 31.8 Å². The van der Waals surface area contributed by atoms with Gasteiger partial charge in [0, 0.05) is 50.0 Å². The molecule has 0 N–H and O–H groups in total. The number of benzene rings is 1. The van der Waals surface area contributed by atoms with Crippen LogP contribution in [0.25, 0.3) is 17.3 Å². The number of ether oxygens (including phenoxy) is 3. The van der Waals surface area contributed by atoms with Crippen LogP contribution in [-0.4, -0.2) is 67.7 Å². The molecule has 3 aromatic rings. The quantitative estimate of drug-likeness (QED) is 0.263. The molecule has 2 aromatic heterocycles. The summed E-state index contributed by atoms with van der Waals surface area (Å²) in [4.78, 5) is 26.0. The number of halogens is 1. The SMILES string of the molecule is CCCOC1CC(OC(=O)c2cccnc2)C[C@@H](/C=C/c2c(-c3ccc(F)cc3)nc(N(C)S(C)(=O)=O)nc2C(C)C)O1. The van der Waals surface area contributed by atoms with Gasteiger partial charge in [-0.1, -0.05) is 32.9 Å². The third kappa shape index (κ3) is 8.43. The molecule has 0 amide bonds. The van der Waals surface area contributed by atoms with Crippen LogP contribution in [0.1, 0.15) is 67.6 Å². The first kappa shape index (κ1) is 32.2. The lowest BCUT2D eigenvalue weighted by atomic mass is 9.96. The third-order valence-corrected chi connectivity index (χ3v) is 8.00. The Kier molecular flexibility index (Phi) is 10.6. The fraction of sp³-hybridized carbons (Fsp3) is 0.419. The van der Waals surface area contributed by atoms with Crippen LogP contribution in [0, 0.1) is 5.82 Å². The van der Waals surface area contributed by atoms with E-state index >= 15 is 0 Å². The smallest absolute Gasteiger partial charge is 0.339 e. The van der Waals surface area contributed by atoms with E-state index in [0.29, 0.717) is 47.5 Å². The molecule has 1 aliphatic heterocycles. The number of anilines is 1. The summed E-state index contributed by atoms with van der Waals surface area (Å²) in [6, 6.07) is 9.13. The van der Waals surface area contributed by atoms with Gasteiger partial charge in [0.15, 0.2) is 6.29 Å². The van der Waals surface area contributed by atoms with E-state index in [4.69, 9.17) is 14.2 Å². The topological polar surface area (TPSA) is 121 Å². The van der Waals surface area contributed by atoms with E-state index < -0.39 is 40.3 Å². The summed E-state index contributed by atoms with van der Waals surface area (Å²) in [5.41, 5.74) is 2.62. The molecule has 1 saturated heterocycles. The molecule has 2 unspecified atom stereocenters. The van der Waals surface area contributed by atoms with Crippen LogP contribution >= 0.6 is 0 Å². The zero-order chi connectivity index (χ0) is 31.1. The monoisotopic (exact) mass is 612 g/mol. The van der Waals surface area contributed by atoms with Crippen molar-refractivity contribution in [2.24, 2.45) is 0 Å². The van der Waals surface area contributed by atoms with Crippen LogP contribution in [0.15, 0.2) is 54.9 Å². The Hall–Kier alpha value is -3.74. The van der Waals surface area contributed by atoms with Gasteiger partial charge in [0.25, 0.3) is 0 Å². The molecule has 0 bridgehead atoms. The van der Waals surface area contributed by atoms with Gasteiger partial charge in [0.2, 0.25) is 16.0 Å². The molecule has 3 heterocycles. The summed E-state index contributed by atoms with van der Waals surface area (Å²) in [5, 5.41) is 0. The maximum atomic E-state index is 13.8. The highest BCUT2D eigenvalue weighted by Crippen LogP contribution is 2.33. The highest BCUT2D eigenvalue weighted by molar-refractivity contribution is 7.92. The summed E-state index contributed by atoms with van der Waals surface area (Å²) in [5.74, 6) is -0.994. The molecule has 1 aliphatic rings. The zero-order valence-electron chi connectivity index (χ0n) is 24.9. The molecule has 1 fully saturated rings. The van der Waals surface area contributed by atoms with Crippen LogP contribution in [0.5, 0.6) is 0 Å². The normalized spacial score (nSPS) is 19.1. The Morgan fingerprint density at radius 3 is 2.56 bits per heavy atom. The average molecular weight is 613 g/mol. The summed E-state index contributed by atoms with van der Waals surface area (Å²) < 4.78 is 57.4. The highest BCUT2D eigenvalue weighted by atomic mass is 32.2. The lowest BCUT2D eigenvalue weighted by molar-refractivity contribution is -0.203. The van der Waals surface area contributed by atoms with Crippen molar-refractivity contribution in [2.45, 2.75) is 64.4 Å². The largest absolute Gasteiger partial charge is 0.458 e. The van der Waals surface area contributed by atoms with E-state index in [-0.39, 0.29) is 11.9 Å². The zero-order valence-corrected chi connectivity index (χ0v) is 25.8. The van der Waals surface area contributed by atoms with Crippen LogP contribution in [0.3, 0.4) is 0 Å². The van der Waals surface area contributed by atoms with E-state index in [1.54, 1.807) is 30.5 Å². The number of sulfonamides is 1. The Balaban J connectivity index is 1.71. The van der Waals surface area contributed by atoms with Crippen LogP contribution in [-0.2, 0) is 24.2 Å². The second-order valence-electron chi connectivity index (χ2n) is 10.6. The lowest BCUT2D eigenvalue weighted by Gasteiger charge is -2.33. The molecule has 230 valence electrons. The number of esters is 1. The van der Waals surface area contributed by atoms with Crippen molar-refractivity contribution in [3.8, 4) is 11.3 Å². The summed E-state index contributed by atoms with van der Waals surface area (Å²) in [6.07, 6.45) is 7.80. The molecule has 0 aliphatic carbocycles. The molecule has 0 saturated carbocycles. The van der Waals surface area contributed by atoms with E-state index in [1.165, 1.54) is 25.4 Å². The second-order valence-corrected chi connectivity index (χ2v) is 12.7. The Labute approximate surface area is 252 Å². The Morgan fingerprint density at radius 2 is 1.93 bits per heavy atom. The van der Waals surface area contributed by atoms with Gasteiger partial charge in [-0.25, -0.2) is 31.9 Å². The van der Waals surface area contributed by atoms with Gasteiger partial charge in [0.05, 0.1) is 29.3 Å². The van der Waals surface area contributed by atoms with Crippen molar-refractivity contribution in [3.63, 3.8) is 0 Å². The predicted molar refractivity (Wildman–Crippen MR) is 161 cm³/mol. The van der Waals surface area contributed by atoms with Gasteiger partial charge >= 0.3 is 5.97 Å². The van der Waals surface area contributed by atoms with Gasteiger partial charge in [-0.05, 0) is 48.7 Å². The first-order chi connectivity index (χ1) is 20.5.